The van der Waals surface area contributed by atoms with E-state index in [0.717, 1.165) is 12.0 Å². The number of carbonyl (C=O) groups excluding carboxylic acids is 1. The molecule has 0 aromatic heterocycles. The number of sulfonamides is 1. The van der Waals surface area contributed by atoms with Crippen molar-refractivity contribution >= 4 is 15.9 Å². The minimum atomic E-state index is -3.34. The second kappa shape index (κ2) is 9.21. The number of rotatable bonds is 8. The fraction of sp³-hybridized carbons (Fsp3) is 0.381. The Balaban J connectivity index is 1.42. The van der Waals surface area contributed by atoms with Crippen molar-refractivity contribution in [1.82, 2.24) is 9.62 Å². The number of ether oxygens (including phenoxy) is 1. The van der Waals surface area contributed by atoms with Crippen LogP contribution in [0.2, 0.25) is 0 Å². The highest BCUT2D eigenvalue weighted by molar-refractivity contribution is 7.89. The smallest absolute Gasteiger partial charge is 0.260 e. The number of nitrogens with one attached hydrogen (secondary N) is 1. The van der Waals surface area contributed by atoms with E-state index in [9.17, 15) is 13.2 Å². The van der Waals surface area contributed by atoms with Gasteiger partial charge in [0.05, 0.1) is 5.75 Å². The van der Waals surface area contributed by atoms with Crippen molar-refractivity contribution in [3.8, 4) is 5.75 Å². The predicted octanol–water partition coefficient (Wildman–Crippen LogP) is 2.35. The van der Waals surface area contributed by atoms with Crippen molar-refractivity contribution in [1.29, 1.82) is 0 Å². The molecule has 1 heterocycles. The van der Waals surface area contributed by atoms with Crippen molar-refractivity contribution in [2.45, 2.75) is 32.4 Å². The van der Waals surface area contributed by atoms with Crippen LogP contribution < -0.4 is 10.1 Å². The van der Waals surface area contributed by atoms with E-state index >= 15 is 0 Å². The molecule has 2 aromatic rings. The summed E-state index contributed by atoms with van der Waals surface area (Å²) in [4.78, 5) is 12.1. The first-order chi connectivity index (χ1) is 13.5. The Morgan fingerprint density at radius 3 is 2.54 bits per heavy atom. The first kappa shape index (κ1) is 20.4. The molecule has 0 fully saturated rings. The van der Waals surface area contributed by atoms with Crippen LogP contribution in [0.25, 0.3) is 0 Å². The Labute approximate surface area is 166 Å². The summed E-state index contributed by atoms with van der Waals surface area (Å²) in [6.45, 7) is 2.90. The fourth-order valence-electron chi connectivity index (χ4n) is 3.20. The van der Waals surface area contributed by atoms with Gasteiger partial charge in [-0.15, -0.1) is 0 Å². The molecule has 28 heavy (non-hydrogen) atoms. The van der Waals surface area contributed by atoms with Crippen LogP contribution in [0.5, 0.6) is 5.75 Å². The third-order valence-electron chi connectivity index (χ3n) is 4.79. The second-order valence-corrected chi connectivity index (χ2v) is 8.97. The Morgan fingerprint density at radius 2 is 1.79 bits per heavy atom. The maximum absolute atomic E-state index is 12.6. The quantitative estimate of drug-likeness (QED) is 0.688. The van der Waals surface area contributed by atoms with Crippen LogP contribution in [0, 0.1) is 0 Å². The van der Waals surface area contributed by atoms with E-state index < -0.39 is 16.1 Å². The Kier molecular flexibility index (Phi) is 6.70. The molecule has 0 bridgehead atoms. The zero-order valence-corrected chi connectivity index (χ0v) is 16.8. The lowest BCUT2D eigenvalue weighted by Crippen LogP contribution is -2.39. The van der Waals surface area contributed by atoms with Crippen molar-refractivity contribution in [2.75, 3.05) is 18.8 Å². The number of fused-ring (bicyclic) bond motifs is 1. The number of hydrogen-bond donors (Lipinski definition) is 1. The van der Waals surface area contributed by atoms with E-state index in [-0.39, 0.29) is 11.7 Å². The van der Waals surface area contributed by atoms with Gasteiger partial charge in [0.2, 0.25) is 10.0 Å². The Bertz CT molecular complexity index is 900. The van der Waals surface area contributed by atoms with Crippen molar-refractivity contribution in [2.24, 2.45) is 0 Å². The SMILES string of the molecule is CC(Oc1ccccc1)C(=O)NCCCS(=O)(=O)N1CCc2ccccc2C1. The summed E-state index contributed by atoms with van der Waals surface area (Å²) in [5, 5.41) is 2.75. The third kappa shape index (κ3) is 5.33. The summed E-state index contributed by atoms with van der Waals surface area (Å²) in [5.74, 6) is 0.384. The Morgan fingerprint density at radius 1 is 1.11 bits per heavy atom. The van der Waals surface area contributed by atoms with E-state index in [0.29, 0.717) is 31.8 Å². The van der Waals surface area contributed by atoms with Gasteiger partial charge in [0.15, 0.2) is 6.10 Å². The molecule has 1 aliphatic rings. The summed E-state index contributed by atoms with van der Waals surface area (Å²) in [6.07, 6.45) is 0.461. The molecule has 3 rings (SSSR count). The van der Waals surface area contributed by atoms with Crippen LogP contribution in [0.3, 0.4) is 0 Å². The van der Waals surface area contributed by atoms with Gasteiger partial charge >= 0.3 is 0 Å². The van der Waals surface area contributed by atoms with Gasteiger partial charge in [-0.1, -0.05) is 42.5 Å². The average molecular weight is 403 g/mol. The molecule has 1 N–H and O–H groups in total. The summed E-state index contributed by atoms with van der Waals surface area (Å²) >= 11 is 0. The summed E-state index contributed by atoms with van der Waals surface area (Å²) in [7, 11) is -3.34. The molecule has 0 radical (unpaired) electrons. The van der Waals surface area contributed by atoms with E-state index in [1.54, 1.807) is 19.1 Å². The van der Waals surface area contributed by atoms with Crippen LogP contribution in [-0.2, 0) is 27.8 Å². The molecule has 1 amide bonds. The highest BCUT2D eigenvalue weighted by atomic mass is 32.2. The first-order valence-corrected chi connectivity index (χ1v) is 11.1. The third-order valence-corrected chi connectivity index (χ3v) is 6.70. The average Bonchev–Trinajstić information content (AvgIpc) is 2.71. The van der Waals surface area contributed by atoms with Crippen molar-refractivity contribution in [3.63, 3.8) is 0 Å². The number of carbonyl (C=O) groups is 1. The van der Waals surface area contributed by atoms with Gasteiger partial charge < -0.3 is 10.1 Å². The monoisotopic (exact) mass is 402 g/mol. The highest BCUT2D eigenvalue weighted by Crippen LogP contribution is 2.21. The van der Waals surface area contributed by atoms with Crippen LogP contribution in [0.15, 0.2) is 54.6 Å². The van der Waals surface area contributed by atoms with E-state index in [1.807, 2.05) is 42.5 Å². The molecular formula is C21H26N2O4S. The van der Waals surface area contributed by atoms with E-state index in [1.165, 1.54) is 9.87 Å². The van der Waals surface area contributed by atoms with Crippen LogP contribution in [-0.4, -0.2) is 43.6 Å². The normalized spacial score (nSPS) is 15.5. The van der Waals surface area contributed by atoms with Gasteiger partial charge in [0, 0.05) is 19.6 Å². The fourth-order valence-corrected chi connectivity index (χ4v) is 4.68. The summed E-state index contributed by atoms with van der Waals surface area (Å²) < 4.78 is 32.3. The molecule has 6 nitrogen and oxygen atoms in total. The molecule has 0 saturated heterocycles. The van der Waals surface area contributed by atoms with Gasteiger partial charge in [0.25, 0.3) is 5.91 Å². The molecule has 7 heteroatoms. The molecule has 1 unspecified atom stereocenters. The largest absolute Gasteiger partial charge is 0.481 e. The molecule has 2 aromatic carbocycles. The molecule has 0 aliphatic carbocycles. The van der Waals surface area contributed by atoms with Crippen molar-refractivity contribution < 1.29 is 17.9 Å². The Hall–Kier alpha value is -2.38. The minimum Gasteiger partial charge on any atom is -0.481 e. The first-order valence-electron chi connectivity index (χ1n) is 9.50. The van der Waals surface area contributed by atoms with E-state index in [4.69, 9.17) is 4.74 Å². The topological polar surface area (TPSA) is 75.7 Å². The zero-order valence-electron chi connectivity index (χ0n) is 16.0. The van der Waals surface area contributed by atoms with Crippen LogP contribution in [0.1, 0.15) is 24.5 Å². The number of hydrogen-bond acceptors (Lipinski definition) is 4. The standard InChI is InChI=1S/C21H26N2O4S/c1-17(27-20-10-3-2-4-11-20)21(24)22-13-7-15-28(25,26)23-14-12-18-8-5-6-9-19(18)16-23/h2-6,8-11,17H,7,12-16H2,1H3,(H,22,24). The lowest BCUT2D eigenvalue weighted by atomic mass is 10.0. The molecule has 150 valence electrons. The summed E-state index contributed by atoms with van der Waals surface area (Å²) in [5.41, 5.74) is 2.28. The molecule has 0 saturated carbocycles. The van der Waals surface area contributed by atoms with Gasteiger partial charge in [-0.2, -0.15) is 4.31 Å². The molecule has 0 spiro atoms. The minimum absolute atomic E-state index is 0.0172. The zero-order chi connectivity index (χ0) is 20.0. The van der Waals surface area contributed by atoms with Crippen molar-refractivity contribution in [3.05, 3.63) is 65.7 Å². The highest BCUT2D eigenvalue weighted by Gasteiger charge is 2.26. The second-order valence-electron chi connectivity index (χ2n) is 6.89. The summed E-state index contributed by atoms with van der Waals surface area (Å²) in [6, 6.07) is 17.1. The predicted molar refractivity (Wildman–Crippen MR) is 109 cm³/mol. The van der Waals surface area contributed by atoms with Crippen LogP contribution >= 0.6 is 0 Å². The number of amides is 1. The maximum atomic E-state index is 12.6. The van der Waals surface area contributed by atoms with Gasteiger partial charge in [-0.3, -0.25) is 4.79 Å². The van der Waals surface area contributed by atoms with E-state index in [2.05, 4.69) is 5.32 Å². The molecular weight excluding hydrogens is 376 g/mol. The number of benzene rings is 2. The van der Waals surface area contributed by atoms with Crippen LogP contribution in [0.4, 0.5) is 0 Å². The number of para-hydroxylation sites is 1. The lowest BCUT2D eigenvalue weighted by molar-refractivity contribution is -0.127. The number of nitrogens with zero attached hydrogens (tertiary/aromatic N) is 1. The molecule has 1 aliphatic heterocycles. The van der Waals surface area contributed by atoms with Gasteiger partial charge in [-0.05, 0) is 43.0 Å². The molecule has 1 atom stereocenters. The van der Waals surface area contributed by atoms with Gasteiger partial charge in [-0.25, -0.2) is 8.42 Å². The lowest BCUT2D eigenvalue weighted by Gasteiger charge is -2.28. The maximum Gasteiger partial charge on any atom is 0.260 e. The van der Waals surface area contributed by atoms with Gasteiger partial charge in [0.1, 0.15) is 5.75 Å².